The van der Waals surface area contributed by atoms with E-state index in [0.717, 1.165) is 42.3 Å². The summed E-state index contributed by atoms with van der Waals surface area (Å²) in [6.45, 7) is 2.13. The smallest absolute Gasteiger partial charge is 0.312 e. The molecule has 0 aliphatic heterocycles. The Kier molecular flexibility index (Phi) is 8.63. The molecule has 0 aromatic heterocycles. The van der Waals surface area contributed by atoms with Crippen LogP contribution in [0.3, 0.4) is 0 Å². The molecule has 0 radical (unpaired) electrons. The minimum atomic E-state index is -0.561. The zero-order valence-corrected chi connectivity index (χ0v) is 15.7. The maximum absolute atomic E-state index is 12.6. The number of rotatable bonds is 9. The van der Waals surface area contributed by atoms with Crippen molar-refractivity contribution in [1.82, 2.24) is 0 Å². The van der Waals surface area contributed by atoms with Crippen LogP contribution in [0.15, 0.2) is 70.7 Å². The molecule has 0 saturated carbocycles. The van der Waals surface area contributed by atoms with Crippen molar-refractivity contribution < 1.29 is 14.4 Å². The molecule has 0 amide bonds. The highest BCUT2D eigenvalue weighted by molar-refractivity contribution is 8.15. The van der Waals surface area contributed by atoms with Gasteiger partial charge in [0.25, 0.3) is 0 Å². The molecule has 0 unspecified atom stereocenters. The Morgan fingerprint density at radius 2 is 1.58 bits per heavy atom. The number of carbonyl (C=O) groups is 2. The Balaban J connectivity index is 2.03. The monoisotopic (exact) mass is 369 g/mol. The van der Waals surface area contributed by atoms with Crippen molar-refractivity contribution in [1.29, 1.82) is 0 Å². The van der Waals surface area contributed by atoms with Gasteiger partial charge in [0.2, 0.25) is 5.12 Å². The lowest BCUT2D eigenvalue weighted by molar-refractivity contribution is -0.105. The van der Waals surface area contributed by atoms with Crippen LogP contribution in [0, 0.1) is 0 Å². The molecule has 0 aliphatic rings. The van der Waals surface area contributed by atoms with Gasteiger partial charge in [-0.25, -0.2) is 4.79 Å². The van der Waals surface area contributed by atoms with E-state index < -0.39 is 5.97 Å². The van der Waals surface area contributed by atoms with Crippen molar-refractivity contribution in [2.24, 2.45) is 5.16 Å². The highest BCUT2D eigenvalue weighted by Crippen LogP contribution is 2.20. The molecule has 0 bridgehead atoms. The van der Waals surface area contributed by atoms with E-state index in [1.54, 1.807) is 24.3 Å². The van der Waals surface area contributed by atoms with Gasteiger partial charge in [0.1, 0.15) is 5.71 Å². The van der Waals surface area contributed by atoms with Crippen LogP contribution in [0.4, 0.5) is 0 Å². The Bertz CT molecular complexity index is 729. The second-order valence-corrected chi connectivity index (χ2v) is 6.84. The molecule has 0 heterocycles. The lowest BCUT2D eigenvalue weighted by Crippen LogP contribution is -2.13. The maximum Gasteiger partial charge on any atom is 0.365 e. The third-order valence-corrected chi connectivity index (χ3v) is 4.63. The topological polar surface area (TPSA) is 55.7 Å². The molecular weight excluding hydrogens is 346 g/mol. The van der Waals surface area contributed by atoms with Gasteiger partial charge < -0.3 is 4.84 Å². The first-order valence-electron chi connectivity index (χ1n) is 8.81. The van der Waals surface area contributed by atoms with Crippen LogP contribution in [0.25, 0.3) is 0 Å². The predicted octanol–water partition coefficient (Wildman–Crippen LogP) is 5.49. The number of hydrogen-bond donors (Lipinski definition) is 0. The molecule has 0 spiro atoms. The van der Waals surface area contributed by atoms with Gasteiger partial charge in [-0.15, -0.1) is 0 Å². The molecule has 2 rings (SSSR count). The van der Waals surface area contributed by atoms with Crippen LogP contribution >= 0.6 is 11.8 Å². The molecule has 26 heavy (non-hydrogen) atoms. The van der Waals surface area contributed by atoms with E-state index >= 15 is 0 Å². The number of hydrogen-bond acceptors (Lipinski definition) is 5. The Hall–Kier alpha value is -2.40. The summed E-state index contributed by atoms with van der Waals surface area (Å²) in [7, 11) is 0. The molecule has 136 valence electrons. The average Bonchev–Trinajstić information content (AvgIpc) is 2.68. The van der Waals surface area contributed by atoms with E-state index in [1.165, 1.54) is 0 Å². The summed E-state index contributed by atoms with van der Waals surface area (Å²) < 4.78 is 0. The average molecular weight is 369 g/mol. The number of thioether (sulfide) groups is 1. The van der Waals surface area contributed by atoms with Crippen molar-refractivity contribution in [3.63, 3.8) is 0 Å². The fraction of sp³-hybridized carbons (Fsp3) is 0.286. The van der Waals surface area contributed by atoms with Crippen LogP contribution in [0.5, 0.6) is 0 Å². The summed E-state index contributed by atoms with van der Waals surface area (Å²) in [4.78, 5) is 30.5. The second-order valence-electron chi connectivity index (χ2n) is 5.80. The van der Waals surface area contributed by atoms with Gasteiger partial charge >= 0.3 is 5.97 Å². The van der Waals surface area contributed by atoms with Crippen molar-refractivity contribution in [3.8, 4) is 0 Å². The minimum absolute atomic E-state index is 0.187. The molecule has 2 aromatic carbocycles. The number of benzene rings is 2. The third-order valence-electron chi connectivity index (χ3n) is 3.70. The molecule has 0 fully saturated rings. The Morgan fingerprint density at radius 3 is 2.23 bits per heavy atom. The van der Waals surface area contributed by atoms with Gasteiger partial charge in [-0.05, 0) is 48.9 Å². The van der Waals surface area contributed by atoms with Crippen LogP contribution in [0.1, 0.15) is 49.4 Å². The number of oxime groups is 1. The van der Waals surface area contributed by atoms with E-state index in [9.17, 15) is 9.59 Å². The third kappa shape index (κ3) is 6.84. The standard InChI is InChI=1S/C21H23NO3S/c1-2-3-4-11-16-19(21(24)26-18-14-9-6-10-15-18)22-25-20(23)17-12-7-5-8-13-17/h5-10,12-15H,2-4,11,16H2,1H3. The van der Waals surface area contributed by atoms with Gasteiger partial charge in [0, 0.05) is 4.90 Å². The Morgan fingerprint density at radius 1 is 0.923 bits per heavy atom. The number of nitrogens with zero attached hydrogens (tertiary/aromatic N) is 1. The minimum Gasteiger partial charge on any atom is -0.312 e. The highest BCUT2D eigenvalue weighted by atomic mass is 32.2. The molecule has 2 aromatic rings. The van der Waals surface area contributed by atoms with Crippen molar-refractivity contribution in [2.75, 3.05) is 0 Å². The largest absolute Gasteiger partial charge is 0.365 e. The molecule has 5 heteroatoms. The summed E-state index contributed by atoms with van der Waals surface area (Å²) in [5.74, 6) is -0.561. The van der Waals surface area contributed by atoms with Crippen LogP contribution in [-0.4, -0.2) is 16.8 Å². The van der Waals surface area contributed by atoms with Gasteiger partial charge in [-0.2, -0.15) is 0 Å². The molecular formula is C21H23NO3S. The normalized spacial score (nSPS) is 11.2. The summed E-state index contributed by atoms with van der Waals surface area (Å²) in [5.41, 5.74) is 0.698. The van der Waals surface area contributed by atoms with E-state index in [-0.39, 0.29) is 5.12 Å². The van der Waals surface area contributed by atoms with E-state index in [2.05, 4.69) is 12.1 Å². The van der Waals surface area contributed by atoms with Gasteiger partial charge in [-0.1, -0.05) is 67.7 Å². The van der Waals surface area contributed by atoms with Gasteiger partial charge in [-0.3, -0.25) is 4.79 Å². The van der Waals surface area contributed by atoms with Gasteiger partial charge in [0.15, 0.2) is 0 Å². The first kappa shape index (κ1) is 19.9. The van der Waals surface area contributed by atoms with E-state index in [0.29, 0.717) is 17.7 Å². The second kappa shape index (κ2) is 11.3. The summed E-state index contributed by atoms with van der Waals surface area (Å²) >= 11 is 1.10. The maximum atomic E-state index is 12.6. The zero-order valence-electron chi connectivity index (χ0n) is 14.9. The lowest BCUT2D eigenvalue weighted by atomic mass is 10.1. The fourth-order valence-corrected chi connectivity index (χ4v) is 3.05. The predicted molar refractivity (Wildman–Crippen MR) is 105 cm³/mol. The fourth-order valence-electron chi connectivity index (χ4n) is 2.28. The lowest BCUT2D eigenvalue weighted by Gasteiger charge is -2.05. The van der Waals surface area contributed by atoms with E-state index in [1.807, 2.05) is 36.4 Å². The van der Waals surface area contributed by atoms with Gasteiger partial charge in [0.05, 0.1) is 5.56 Å². The summed E-state index contributed by atoms with van der Waals surface area (Å²) in [6.07, 6.45) is 4.59. The first-order valence-corrected chi connectivity index (χ1v) is 9.63. The number of carbonyl (C=O) groups excluding carboxylic acids is 2. The van der Waals surface area contributed by atoms with E-state index in [4.69, 9.17) is 4.84 Å². The summed E-state index contributed by atoms with van der Waals surface area (Å²) in [5, 5.41) is 3.70. The molecule has 0 saturated heterocycles. The molecule has 0 aliphatic carbocycles. The molecule has 4 nitrogen and oxygen atoms in total. The Labute approximate surface area is 158 Å². The number of unbranched alkanes of at least 4 members (excludes halogenated alkanes) is 3. The first-order chi connectivity index (χ1) is 12.7. The molecule has 0 N–H and O–H groups in total. The highest BCUT2D eigenvalue weighted by Gasteiger charge is 2.16. The summed E-state index contributed by atoms with van der Waals surface area (Å²) in [6, 6.07) is 18.0. The zero-order chi connectivity index (χ0) is 18.6. The quantitative estimate of drug-likeness (QED) is 0.193. The van der Waals surface area contributed by atoms with Crippen molar-refractivity contribution in [2.45, 2.75) is 43.9 Å². The molecule has 0 atom stereocenters. The van der Waals surface area contributed by atoms with Crippen molar-refractivity contribution >= 4 is 28.6 Å². The van der Waals surface area contributed by atoms with Crippen LogP contribution < -0.4 is 0 Å². The van der Waals surface area contributed by atoms with Crippen LogP contribution in [0.2, 0.25) is 0 Å². The van der Waals surface area contributed by atoms with Crippen LogP contribution in [-0.2, 0) is 9.63 Å². The van der Waals surface area contributed by atoms with Crippen molar-refractivity contribution in [3.05, 3.63) is 66.2 Å². The SMILES string of the molecule is CCCCCCC(=NOC(=O)c1ccccc1)C(=O)Sc1ccccc1.